The van der Waals surface area contributed by atoms with Crippen molar-refractivity contribution in [3.8, 4) is 17.2 Å². The molecule has 0 saturated carbocycles. The Bertz CT molecular complexity index is 1740. The van der Waals surface area contributed by atoms with Gasteiger partial charge in [-0.1, -0.05) is 59.5 Å². The second kappa shape index (κ2) is 12.7. The zero-order chi connectivity index (χ0) is 30.8. The molecule has 1 amide bonds. The molecular weight excluding hydrogens is 599 g/mol. The van der Waals surface area contributed by atoms with Gasteiger partial charge in [0, 0.05) is 17.7 Å². The van der Waals surface area contributed by atoms with Crippen molar-refractivity contribution in [3.63, 3.8) is 0 Å². The van der Waals surface area contributed by atoms with E-state index in [0.717, 1.165) is 16.9 Å². The van der Waals surface area contributed by atoms with Crippen LogP contribution in [0, 0.1) is 0 Å². The Morgan fingerprint density at radius 1 is 1.02 bits per heavy atom. The third-order valence-electron chi connectivity index (χ3n) is 7.30. The van der Waals surface area contributed by atoms with Crippen LogP contribution < -0.4 is 19.1 Å². The van der Waals surface area contributed by atoms with Crippen LogP contribution in [-0.2, 0) is 21.8 Å². The van der Waals surface area contributed by atoms with Gasteiger partial charge < -0.3 is 19.3 Å². The lowest BCUT2D eigenvalue weighted by molar-refractivity contribution is -0.132. The average Bonchev–Trinajstić information content (AvgIpc) is 3.72. The van der Waals surface area contributed by atoms with E-state index < -0.39 is 17.7 Å². The predicted octanol–water partition coefficient (Wildman–Crippen LogP) is 6.58. The quantitative estimate of drug-likeness (QED) is 0.0684. The highest BCUT2D eigenvalue weighted by Gasteiger charge is 2.48. The van der Waals surface area contributed by atoms with E-state index in [0.29, 0.717) is 52.4 Å². The molecule has 4 aromatic rings. The lowest BCUT2D eigenvalue weighted by Gasteiger charge is -2.23. The van der Waals surface area contributed by atoms with Gasteiger partial charge in [-0.05, 0) is 67.8 Å². The number of Topliss-reactive ketones (excluding diaryl/α,β-unsaturated/α-hetero) is 1. The van der Waals surface area contributed by atoms with Crippen LogP contribution >= 0.6 is 23.1 Å². The van der Waals surface area contributed by atoms with E-state index in [1.807, 2.05) is 57.2 Å². The molecule has 0 bridgehead atoms. The minimum Gasteiger partial charge on any atom is -0.507 e. The third-order valence-corrected chi connectivity index (χ3v) is 9.43. The molecule has 9 nitrogen and oxygen atoms in total. The normalized spacial score (nSPS) is 18.8. The molecule has 44 heavy (non-hydrogen) atoms. The van der Waals surface area contributed by atoms with Gasteiger partial charge in [0.25, 0.3) is 5.78 Å². The minimum atomic E-state index is -0.978. The molecule has 3 aromatic carbocycles. The Labute approximate surface area is 263 Å². The molecular formula is C33H31N3O6S2. The summed E-state index contributed by atoms with van der Waals surface area (Å²) in [5, 5.41) is 20.6. The van der Waals surface area contributed by atoms with Crippen LogP contribution in [0.1, 0.15) is 49.1 Å². The number of aliphatic hydroxyl groups is 1. The first-order valence-corrected chi connectivity index (χ1v) is 16.2. The summed E-state index contributed by atoms with van der Waals surface area (Å²) in [6, 6.07) is 19.5. The SMILES string of the molecule is CCOc1ccc([C@H]2/C(=C(\O)c3ccc4c(c3)C[C@@H](C)O4)C(=O)C(=O)N2c2nnc(SCc3ccccc3)s2)cc1OCC. The molecule has 2 aliphatic heterocycles. The van der Waals surface area contributed by atoms with Crippen LogP contribution in [0.25, 0.3) is 5.76 Å². The van der Waals surface area contributed by atoms with E-state index in [-0.39, 0.29) is 22.6 Å². The number of aromatic nitrogens is 2. The van der Waals surface area contributed by atoms with Crippen molar-refractivity contribution >= 4 is 45.7 Å². The van der Waals surface area contributed by atoms with Crippen LogP contribution in [0.2, 0.25) is 0 Å². The number of amides is 1. The molecule has 0 spiro atoms. The molecule has 2 aliphatic rings. The Morgan fingerprint density at radius 2 is 1.80 bits per heavy atom. The summed E-state index contributed by atoms with van der Waals surface area (Å²) in [7, 11) is 0. The maximum Gasteiger partial charge on any atom is 0.301 e. The van der Waals surface area contributed by atoms with Crippen molar-refractivity contribution in [3.05, 3.63) is 94.6 Å². The van der Waals surface area contributed by atoms with Gasteiger partial charge in [-0.3, -0.25) is 14.5 Å². The highest BCUT2D eigenvalue weighted by atomic mass is 32.2. The lowest BCUT2D eigenvalue weighted by Crippen LogP contribution is -2.29. The molecule has 1 aromatic heterocycles. The first-order chi connectivity index (χ1) is 21.4. The summed E-state index contributed by atoms with van der Waals surface area (Å²) in [6.07, 6.45) is 0.694. The van der Waals surface area contributed by atoms with Gasteiger partial charge in [-0.25, -0.2) is 0 Å². The van der Waals surface area contributed by atoms with E-state index >= 15 is 0 Å². The first-order valence-electron chi connectivity index (χ1n) is 14.4. The number of hydrogen-bond donors (Lipinski definition) is 1. The number of carbonyl (C=O) groups excluding carboxylic acids is 2. The topological polar surface area (TPSA) is 111 Å². The van der Waals surface area contributed by atoms with Gasteiger partial charge >= 0.3 is 5.91 Å². The second-order valence-corrected chi connectivity index (χ2v) is 12.5. The maximum absolute atomic E-state index is 13.7. The van der Waals surface area contributed by atoms with E-state index in [2.05, 4.69) is 10.2 Å². The second-order valence-electron chi connectivity index (χ2n) is 10.3. The van der Waals surface area contributed by atoms with E-state index in [1.165, 1.54) is 28.0 Å². The number of hydrogen-bond acceptors (Lipinski definition) is 10. The number of anilines is 1. The number of ether oxygens (including phenoxy) is 3. The summed E-state index contributed by atoms with van der Waals surface area (Å²) in [4.78, 5) is 28.8. The van der Waals surface area contributed by atoms with E-state index in [1.54, 1.807) is 30.3 Å². The van der Waals surface area contributed by atoms with Gasteiger partial charge in [0.1, 0.15) is 17.6 Å². The number of ketones is 1. The van der Waals surface area contributed by atoms with Crippen molar-refractivity contribution in [2.24, 2.45) is 0 Å². The molecule has 0 radical (unpaired) electrons. The van der Waals surface area contributed by atoms with E-state index in [9.17, 15) is 14.7 Å². The maximum atomic E-state index is 13.7. The summed E-state index contributed by atoms with van der Waals surface area (Å²) in [6.45, 7) is 6.54. The standard InChI is InChI=1S/C33H31N3O6S2/c1-4-40-25-14-11-21(17-26(25)41-5-2)28-27(29(37)22-12-13-24-23(16-22)15-19(3)42-24)30(38)31(39)36(28)32-34-35-33(44-32)43-18-20-9-7-6-8-10-20/h6-14,16-17,19,28,37H,4-5,15,18H2,1-3H3/b29-27+/t19-,28+/m1/s1. The van der Waals surface area contributed by atoms with Gasteiger partial charge in [-0.15, -0.1) is 10.2 Å². The number of rotatable bonds is 10. The van der Waals surface area contributed by atoms with Crippen molar-refractivity contribution in [2.45, 2.75) is 49.4 Å². The van der Waals surface area contributed by atoms with Gasteiger partial charge in [0.05, 0.1) is 24.8 Å². The molecule has 3 heterocycles. The average molecular weight is 630 g/mol. The fraction of sp³-hybridized carbons (Fsp3) is 0.273. The molecule has 0 unspecified atom stereocenters. The number of nitrogens with zero attached hydrogens (tertiary/aromatic N) is 3. The largest absolute Gasteiger partial charge is 0.507 e. The van der Waals surface area contributed by atoms with Crippen LogP contribution in [-0.4, -0.2) is 46.3 Å². The summed E-state index contributed by atoms with van der Waals surface area (Å²) in [5.41, 5.74) is 3.00. The van der Waals surface area contributed by atoms with Crippen molar-refractivity contribution < 1.29 is 28.9 Å². The van der Waals surface area contributed by atoms with Crippen molar-refractivity contribution in [2.75, 3.05) is 18.1 Å². The molecule has 0 aliphatic carbocycles. The third kappa shape index (κ3) is 5.77. The number of fused-ring (bicyclic) bond motifs is 1. The Hall–Kier alpha value is -4.35. The summed E-state index contributed by atoms with van der Waals surface area (Å²) in [5.74, 6) is 0.558. The smallest absolute Gasteiger partial charge is 0.301 e. The van der Waals surface area contributed by atoms with Gasteiger partial charge in [0.15, 0.2) is 15.8 Å². The molecule has 11 heteroatoms. The van der Waals surface area contributed by atoms with Gasteiger partial charge in [0.2, 0.25) is 5.13 Å². The Kier molecular flexibility index (Phi) is 8.58. The number of aliphatic hydroxyl groups excluding tert-OH is 1. The zero-order valence-corrected chi connectivity index (χ0v) is 26.1. The fourth-order valence-electron chi connectivity index (χ4n) is 5.39. The fourth-order valence-corrected chi connectivity index (χ4v) is 7.21. The van der Waals surface area contributed by atoms with Crippen LogP contribution in [0.4, 0.5) is 5.13 Å². The molecule has 1 N–H and O–H groups in total. The van der Waals surface area contributed by atoms with Gasteiger partial charge in [-0.2, -0.15) is 0 Å². The van der Waals surface area contributed by atoms with Crippen LogP contribution in [0.15, 0.2) is 76.6 Å². The molecule has 1 fully saturated rings. The summed E-state index contributed by atoms with van der Waals surface area (Å²) < 4.78 is 18.1. The Balaban J connectivity index is 1.43. The minimum absolute atomic E-state index is 0.0141. The highest BCUT2D eigenvalue weighted by molar-refractivity contribution is 8.00. The van der Waals surface area contributed by atoms with Crippen LogP contribution in [0.3, 0.4) is 0 Å². The Morgan fingerprint density at radius 3 is 2.57 bits per heavy atom. The molecule has 2 atom stereocenters. The zero-order valence-electron chi connectivity index (χ0n) is 24.5. The van der Waals surface area contributed by atoms with Crippen molar-refractivity contribution in [1.82, 2.24) is 10.2 Å². The molecule has 6 rings (SSSR count). The van der Waals surface area contributed by atoms with Crippen LogP contribution in [0.5, 0.6) is 17.2 Å². The molecule has 1 saturated heterocycles. The lowest BCUT2D eigenvalue weighted by atomic mass is 9.94. The number of thioether (sulfide) groups is 1. The number of benzene rings is 3. The number of carbonyl (C=O) groups is 2. The summed E-state index contributed by atoms with van der Waals surface area (Å²) >= 11 is 2.72. The monoisotopic (exact) mass is 629 g/mol. The van der Waals surface area contributed by atoms with Crippen molar-refractivity contribution in [1.29, 1.82) is 0 Å². The predicted molar refractivity (Wildman–Crippen MR) is 170 cm³/mol. The first kappa shape index (κ1) is 29.7. The molecule has 226 valence electrons. The van der Waals surface area contributed by atoms with E-state index in [4.69, 9.17) is 14.2 Å². The highest BCUT2D eigenvalue weighted by Crippen LogP contribution is 2.46.